The molecule has 0 radical (unpaired) electrons. The van der Waals surface area contributed by atoms with Crippen LogP contribution in [0.15, 0.2) is 24.3 Å². The standard InChI is InChI=1S/C15H19N/c1-14(2,3)12-5-7-13(8-6-12)15(11-16)9-4-10-15/h5-8H,4,9-10H2,1-3H3. The molecule has 1 aromatic rings. The maximum atomic E-state index is 9.27. The normalized spacial score (nSPS) is 18.6. The summed E-state index contributed by atoms with van der Waals surface area (Å²) in [5, 5.41) is 9.27. The van der Waals surface area contributed by atoms with E-state index in [2.05, 4.69) is 51.1 Å². The predicted molar refractivity (Wildman–Crippen MR) is 66.3 cm³/mol. The molecule has 0 heterocycles. The van der Waals surface area contributed by atoms with E-state index in [1.165, 1.54) is 17.5 Å². The maximum absolute atomic E-state index is 9.27. The molecule has 1 nitrogen and oxygen atoms in total. The smallest absolute Gasteiger partial charge is 0.0822 e. The monoisotopic (exact) mass is 213 g/mol. The minimum absolute atomic E-state index is 0.170. The largest absolute Gasteiger partial charge is 0.197 e. The van der Waals surface area contributed by atoms with Crippen LogP contribution >= 0.6 is 0 Å². The molecule has 2 rings (SSSR count). The lowest BCUT2D eigenvalue weighted by molar-refractivity contribution is 0.324. The number of nitriles is 1. The van der Waals surface area contributed by atoms with Crippen molar-refractivity contribution in [2.45, 2.75) is 50.9 Å². The Morgan fingerprint density at radius 2 is 1.69 bits per heavy atom. The minimum atomic E-state index is -0.170. The van der Waals surface area contributed by atoms with Crippen LogP contribution < -0.4 is 0 Å². The molecule has 0 N–H and O–H groups in total. The van der Waals surface area contributed by atoms with Gasteiger partial charge in [-0.15, -0.1) is 0 Å². The number of hydrogen-bond donors (Lipinski definition) is 0. The van der Waals surface area contributed by atoms with Gasteiger partial charge < -0.3 is 0 Å². The van der Waals surface area contributed by atoms with Crippen LogP contribution in [0.4, 0.5) is 0 Å². The highest BCUT2D eigenvalue weighted by Crippen LogP contribution is 2.43. The molecule has 0 atom stereocenters. The third kappa shape index (κ3) is 1.73. The third-order valence-corrected chi connectivity index (χ3v) is 3.72. The molecule has 0 unspecified atom stereocenters. The lowest BCUT2D eigenvalue weighted by Crippen LogP contribution is -2.32. The fraction of sp³-hybridized carbons (Fsp3) is 0.533. The molecule has 0 spiro atoms. The molecule has 1 aliphatic rings. The molecular weight excluding hydrogens is 194 g/mol. The van der Waals surface area contributed by atoms with Gasteiger partial charge >= 0.3 is 0 Å². The summed E-state index contributed by atoms with van der Waals surface area (Å²) in [6.07, 6.45) is 3.24. The zero-order valence-electron chi connectivity index (χ0n) is 10.4. The Kier molecular flexibility index (Phi) is 2.54. The third-order valence-electron chi connectivity index (χ3n) is 3.72. The van der Waals surface area contributed by atoms with Gasteiger partial charge in [0, 0.05) is 0 Å². The van der Waals surface area contributed by atoms with Gasteiger partial charge in [0.15, 0.2) is 0 Å². The molecule has 0 aromatic heterocycles. The summed E-state index contributed by atoms with van der Waals surface area (Å²) in [7, 11) is 0. The number of nitrogens with zero attached hydrogens (tertiary/aromatic N) is 1. The first kappa shape index (κ1) is 11.2. The van der Waals surface area contributed by atoms with Crippen LogP contribution in [0.2, 0.25) is 0 Å². The first-order chi connectivity index (χ1) is 7.48. The average molecular weight is 213 g/mol. The van der Waals surface area contributed by atoms with Gasteiger partial charge in [-0.1, -0.05) is 45.0 Å². The highest BCUT2D eigenvalue weighted by atomic mass is 14.4. The van der Waals surface area contributed by atoms with Gasteiger partial charge in [-0.2, -0.15) is 5.26 Å². The van der Waals surface area contributed by atoms with Crippen molar-refractivity contribution in [1.82, 2.24) is 0 Å². The van der Waals surface area contributed by atoms with Crippen LogP contribution in [0, 0.1) is 11.3 Å². The zero-order chi connectivity index (χ0) is 11.8. The fourth-order valence-electron chi connectivity index (χ4n) is 2.28. The van der Waals surface area contributed by atoms with E-state index in [0.717, 1.165) is 12.8 Å². The molecule has 1 saturated carbocycles. The lowest BCUT2D eigenvalue weighted by Gasteiger charge is -2.36. The van der Waals surface area contributed by atoms with Gasteiger partial charge in [0.2, 0.25) is 0 Å². The van der Waals surface area contributed by atoms with Gasteiger partial charge in [-0.25, -0.2) is 0 Å². The average Bonchev–Trinajstić information content (AvgIpc) is 2.16. The lowest BCUT2D eigenvalue weighted by atomic mass is 9.65. The second kappa shape index (κ2) is 3.63. The van der Waals surface area contributed by atoms with Gasteiger partial charge in [0.05, 0.1) is 11.5 Å². The van der Waals surface area contributed by atoms with Crippen molar-refractivity contribution in [3.05, 3.63) is 35.4 Å². The van der Waals surface area contributed by atoms with Crippen LogP contribution in [-0.4, -0.2) is 0 Å². The SMILES string of the molecule is CC(C)(C)c1ccc(C2(C#N)CCC2)cc1. The molecule has 84 valence electrons. The van der Waals surface area contributed by atoms with Crippen LogP contribution in [0.5, 0.6) is 0 Å². The Bertz CT molecular complexity index is 410. The van der Waals surface area contributed by atoms with E-state index in [1.807, 2.05) is 0 Å². The minimum Gasteiger partial charge on any atom is -0.197 e. The summed E-state index contributed by atoms with van der Waals surface area (Å²) in [6, 6.07) is 11.1. The first-order valence-electron chi connectivity index (χ1n) is 6.00. The molecule has 0 amide bonds. The first-order valence-corrected chi connectivity index (χ1v) is 6.00. The van der Waals surface area contributed by atoms with Crippen LogP contribution in [0.1, 0.15) is 51.2 Å². The molecule has 1 heteroatoms. The van der Waals surface area contributed by atoms with E-state index >= 15 is 0 Å². The van der Waals surface area contributed by atoms with E-state index in [-0.39, 0.29) is 10.8 Å². The highest BCUT2D eigenvalue weighted by Gasteiger charge is 2.38. The summed E-state index contributed by atoms with van der Waals surface area (Å²) in [6.45, 7) is 6.64. The summed E-state index contributed by atoms with van der Waals surface area (Å²) in [5.74, 6) is 0. The molecule has 0 saturated heterocycles. The second-order valence-electron chi connectivity index (χ2n) is 5.87. The van der Waals surface area contributed by atoms with E-state index in [4.69, 9.17) is 0 Å². The zero-order valence-corrected chi connectivity index (χ0v) is 10.4. The van der Waals surface area contributed by atoms with Gasteiger partial charge in [-0.05, 0) is 35.8 Å². The van der Waals surface area contributed by atoms with E-state index in [9.17, 15) is 5.26 Å². The van der Waals surface area contributed by atoms with Crippen molar-refractivity contribution in [2.75, 3.05) is 0 Å². The van der Waals surface area contributed by atoms with E-state index < -0.39 is 0 Å². The molecule has 16 heavy (non-hydrogen) atoms. The Morgan fingerprint density at radius 1 is 1.12 bits per heavy atom. The maximum Gasteiger partial charge on any atom is 0.0822 e. The number of benzene rings is 1. The fourth-order valence-corrected chi connectivity index (χ4v) is 2.28. The van der Waals surface area contributed by atoms with Crippen LogP contribution in [0.25, 0.3) is 0 Å². The Morgan fingerprint density at radius 3 is 2.00 bits per heavy atom. The van der Waals surface area contributed by atoms with Crippen molar-refractivity contribution < 1.29 is 0 Å². The summed E-state index contributed by atoms with van der Waals surface area (Å²) >= 11 is 0. The molecule has 0 bridgehead atoms. The summed E-state index contributed by atoms with van der Waals surface area (Å²) in [5.41, 5.74) is 2.56. The summed E-state index contributed by atoms with van der Waals surface area (Å²) in [4.78, 5) is 0. The van der Waals surface area contributed by atoms with Crippen LogP contribution in [0.3, 0.4) is 0 Å². The quantitative estimate of drug-likeness (QED) is 0.693. The van der Waals surface area contributed by atoms with Crippen molar-refractivity contribution in [3.8, 4) is 6.07 Å². The van der Waals surface area contributed by atoms with E-state index in [1.54, 1.807) is 0 Å². The van der Waals surface area contributed by atoms with Gasteiger partial charge in [0.1, 0.15) is 0 Å². The number of rotatable bonds is 1. The van der Waals surface area contributed by atoms with E-state index in [0.29, 0.717) is 0 Å². The van der Waals surface area contributed by atoms with Crippen molar-refractivity contribution in [2.24, 2.45) is 0 Å². The second-order valence-corrected chi connectivity index (χ2v) is 5.87. The molecule has 1 fully saturated rings. The summed E-state index contributed by atoms with van der Waals surface area (Å²) < 4.78 is 0. The molecule has 1 aromatic carbocycles. The predicted octanol–water partition coefficient (Wildman–Crippen LogP) is 3.93. The highest BCUT2D eigenvalue weighted by molar-refractivity contribution is 5.38. The van der Waals surface area contributed by atoms with Crippen molar-refractivity contribution in [3.63, 3.8) is 0 Å². The van der Waals surface area contributed by atoms with Crippen molar-refractivity contribution >= 4 is 0 Å². The molecule has 1 aliphatic carbocycles. The Balaban J connectivity index is 2.30. The van der Waals surface area contributed by atoms with Gasteiger partial charge in [-0.3, -0.25) is 0 Å². The Hall–Kier alpha value is -1.29. The Labute approximate surface area is 98.1 Å². The number of hydrogen-bond acceptors (Lipinski definition) is 1. The topological polar surface area (TPSA) is 23.8 Å². The van der Waals surface area contributed by atoms with Crippen molar-refractivity contribution in [1.29, 1.82) is 5.26 Å². The van der Waals surface area contributed by atoms with Gasteiger partial charge in [0.25, 0.3) is 0 Å². The molecular formula is C15H19N. The van der Waals surface area contributed by atoms with Crippen LogP contribution in [-0.2, 0) is 10.8 Å². The molecule has 0 aliphatic heterocycles.